The van der Waals surface area contributed by atoms with Gasteiger partial charge in [-0.05, 0) is 29.7 Å². The summed E-state index contributed by atoms with van der Waals surface area (Å²) in [7, 11) is 0. The highest BCUT2D eigenvalue weighted by atomic mass is 79.9. The minimum Gasteiger partial charge on any atom is -0.480 e. The van der Waals surface area contributed by atoms with Crippen LogP contribution in [0.15, 0.2) is 22.7 Å². The van der Waals surface area contributed by atoms with Gasteiger partial charge in [0.05, 0.1) is 6.54 Å². The second-order valence-corrected chi connectivity index (χ2v) is 4.68. The molecule has 1 aromatic rings. The van der Waals surface area contributed by atoms with E-state index in [1.165, 1.54) is 11.1 Å². The monoisotopic (exact) mass is 269 g/mol. The van der Waals surface area contributed by atoms with E-state index in [1.807, 2.05) is 11.0 Å². The lowest BCUT2D eigenvalue weighted by atomic mass is 10.00. The van der Waals surface area contributed by atoms with Crippen LogP contribution in [-0.2, 0) is 17.8 Å². The second kappa shape index (κ2) is 4.33. The average molecular weight is 270 g/mol. The molecule has 1 aromatic carbocycles. The van der Waals surface area contributed by atoms with Gasteiger partial charge in [0.2, 0.25) is 0 Å². The highest BCUT2D eigenvalue weighted by Crippen LogP contribution is 2.22. The summed E-state index contributed by atoms with van der Waals surface area (Å²) >= 11 is 3.44. The van der Waals surface area contributed by atoms with Gasteiger partial charge in [-0.25, -0.2) is 0 Å². The fraction of sp³-hybridized carbons (Fsp3) is 0.364. The SMILES string of the molecule is O=C(O)CN1CCc2cc(Br)ccc2C1. The molecule has 15 heavy (non-hydrogen) atoms. The number of nitrogens with zero attached hydrogens (tertiary/aromatic N) is 1. The molecule has 1 N–H and O–H groups in total. The molecule has 0 fully saturated rings. The Morgan fingerprint density at radius 3 is 3.00 bits per heavy atom. The Balaban J connectivity index is 2.13. The molecule has 0 saturated carbocycles. The van der Waals surface area contributed by atoms with Crippen molar-refractivity contribution in [2.75, 3.05) is 13.1 Å². The van der Waals surface area contributed by atoms with E-state index in [0.717, 1.165) is 24.0 Å². The number of carbonyl (C=O) groups is 1. The molecule has 0 radical (unpaired) electrons. The van der Waals surface area contributed by atoms with Crippen molar-refractivity contribution in [1.29, 1.82) is 0 Å². The smallest absolute Gasteiger partial charge is 0.317 e. The van der Waals surface area contributed by atoms with Crippen LogP contribution in [0.1, 0.15) is 11.1 Å². The van der Waals surface area contributed by atoms with Crippen molar-refractivity contribution in [2.24, 2.45) is 0 Å². The number of aliphatic carboxylic acids is 1. The molecule has 0 bridgehead atoms. The van der Waals surface area contributed by atoms with E-state index < -0.39 is 5.97 Å². The van der Waals surface area contributed by atoms with Crippen LogP contribution in [0.4, 0.5) is 0 Å². The van der Waals surface area contributed by atoms with Crippen LogP contribution in [0.2, 0.25) is 0 Å². The highest BCUT2D eigenvalue weighted by Gasteiger charge is 2.17. The lowest BCUT2D eigenvalue weighted by Gasteiger charge is -2.27. The fourth-order valence-corrected chi connectivity index (χ4v) is 2.31. The molecule has 0 aromatic heterocycles. The summed E-state index contributed by atoms with van der Waals surface area (Å²) in [5.41, 5.74) is 2.57. The second-order valence-electron chi connectivity index (χ2n) is 3.77. The van der Waals surface area contributed by atoms with Crippen LogP contribution in [-0.4, -0.2) is 29.1 Å². The summed E-state index contributed by atoms with van der Waals surface area (Å²) in [6.45, 7) is 1.71. The lowest BCUT2D eigenvalue weighted by molar-refractivity contribution is -0.138. The summed E-state index contributed by atoms with van der Waals surface area (Å²) < 4.78 is 1.09. The largest absolute Gasteiger partial charge is 0.480 e. The average Bonchev–Trinajstić information content (AvgIpc) is 2.17. The third kappa shape index (κ3) is 2.58. The third-order valence-corrected chi connectivity index (χ3v) is 3.11. The van der Waals surface area contributed by atoms with Crippen LogP contribution >= 0.6 is 15.9 Å². The van der Waals surface area contributed by atoms with Crippen LogP contribution in [0, 0.1) is 0 Å². The number of fused-ring (bicyclic) bond motifs is 1. The number of hydrogen-bond acceptors (Lipinski definition) is 2. The van der Waals surface area contributed by atoms with Crippen LogP contribution in [0.3, 0.4) is 0 Å². The van der Waals surface area contributed by atoms with Crippen molar-refractivity contribution in [3.63, 3.8) is 0 Å². The Hall–Kier alpha value is -0.870. The van der Waals surface area contributed by atoms with Crippen LogP contribution in [0.5, 0.6) is 0 Å². The molecule has 1 aliphatic rings. The summed E-state index contributed by atoms with van der Waals surface area (Å²) in [6.07, 6.45) is 0.933. The molecule has 0 unspecified atom stereocenters. The van der Waals surface area contributed by atoms with Crippen molar-refractivity contribution in [1.82, 2.24) is 4.90 Å². The standard InChI is InChI=1S/C11H12BrNO2/c12-10-2-1-9-6-13(7-11(14)15)4-3-8(9)5-10/h1-2,5H,3-4,6-7H2,(H,14,15). The zero-order chi connectivity index (χ0) is 10.8. The quantitative estimate of drug-likeness (QED) is 0.892. The summed E-state index contributed by atoms with van der Waals surface area (Å²) in [6, 6.07) is 6.18. The molecule has 3 nitrogen and oxygen atoms in total. The molecule has 0 atom stereocenters. The van der Waals surface area contributed by atoms with Crippen LogP contribution in [0.25, 0.3) is 0 Å². The zero-order valence-electron chi connectivity index (χ0n) is 8.24. The van der Waals surface area contributed by atoms with E-state index in [1.54, 1.807) is 0 Å². The molecule has 0 spiro atoms. The van der Waals surface area contributed by atoms with E-state index in [9.17, 15) is 4.79 Å². The minimum atomic E-state index is -0.754. The van der Waals surface area contributed by atoms with E-state index >= 15 is 0 Å². The normalized spacial score (nSPS) is 16.1. The Morgan fingerprint density at radius 2 is 2.27 bits per heavy atom. The van der Waals surface area contributed by atoms with Crippen LogP contribution < -0.4 is 0 Å². The van der Waals surface area contributed by atoms with Gasteiger partial charge in [0.25, 0.3) is 0 Å². The minimum absolute atomic E-state index is 0.134. The van der Waals surface area contributed by atoms with Crippen molar-refractivity contribution in [3.8, 4) is 0 Å². The number of benzene rings is 1. The van der Waals surface area contributed by atoms with Gasteiger partial charge in [-0.1, -0.05) is 22.0 Å². The Kier molecular flexibility index (Phi) is 3.07. The molecule has 2 rings (SSSR count). The number of carboxylic acid groups (broad SMARTS) is 1. The highest BCUT2D eigenvalue weighted by molar-refractivity contribution is 9.10. The number of carboxylic acids is 1. The van der Waals surface area contributed by atoms with Gasteiger partial charge in [-0.15, -0.1) is 0 Å². The first-order valence-corrected chi connectivity index (χ1v) is 5.66. The molecule has 0 aliphatic carbocycles. The first kappa shape index (κ1) is 10.6. The van der Waals surface area contributed by atoms with Gasteiger partial charge in [0, 0.05) is 17.6 Å². The van der Waals surface area contributed by atoms with E-state index in [-0.39, 0.29) is 6.54 Å². The molecule has 0 saturated heterocycles. The van der Waals surface area contributed by atoms with Gasteiger partial charge in [-0.2, -0.15) is 0 Å². The van der Waals surface area contributed by atoms with Crippen molar-refractivity contribution in [2.45, 2.75) is 13.0 Å². The van der Waals surface area contributed by atoms with Crippen molar-refractivity contribution < 1.29 is 9.90 Å². The summed E-state index contributed by atoms with van der Waals surface area (Å²) in [4.78, 5) is 12.5. The Morgan fingerprint density at radius 1 is 1.47 bits per heavy atom. The first-order chi connectivity index (χ1) is 7.15. The van der Waals surface area contributed by atoms with Gasteiger partial charge in [0.15, 0.2) is 0 Å². The maximum Gasteiger partial charge on any atom is 0.317 e. The molecular formula is C11H12BrNO2. The number of hydrogen-bond donors (Lipinski definition) is 1. The number of halogens is 1. The number of rotatable bonds is 2. The Labute approximate surface area is 96.8 Å². The van der Waals surface area contributed by atoms with E-state index in [4.69, 9.17) is 5.11 Å². The molecule has 4 heteroatoms. The van der Waals surface area contributed by atoms with E-state index in [0.29, 0.717) is 0 Å². The molecule has 80 valence electrons. The van der Waals surface area contributed by atoms with Crippen molar-refractivity contribution in [3.05, 3.63) is 33.8 Å². The lowest BCUT2D eigenvalue weighted by Crippen LogP contribution is -2.34. The molecular weight excluding hydrogens is 258 g/mol. The van der Waals surface area contributed by atoms with Gasteiger partial charge < -0.3 is 5.11 Å². The molecule has 1 aliphatic heterocycles. The van der Waals surface area contributed by atoms with Crippen molar-refractivity contribution >= 4 is 21.9 Å². The molecule has 0 amide bonds. The predicted molar refractivity (Wildman–Crippen MR) is 60.8 cm³/mol. The summed E-state index contributed by atoms with van der Waals surface area (Å²) in [5, 5.41) is 8.71. The van der Waals surface area contributed by atoms with Gasteiger partial charge in [0.1, 0.15) is 0 Å². The first-order valence-electron chi connectivity index (χ1n) is 4.86. The predicted octanol–water partition coefficient (Wildman–Crippen LogP) is 1.89. The Bertz CT molecular complexity index is 392. The van der Waals surface area contributed by atoms with Gasteiger partial charge >= 0.3 is 5.97 Å². The zero-order valence-corrected chi connectivity index (χ0v) is 9.83. The fourth-order valence-electron chi connectivity index (χ4n) is 1.91. The van der Waals surface area contributed by atoms with Gasteiger partial charge in [-0.3, -0.25) is 9.69 Å². The van der Waals surface area contributed by atoms with E-state index in [2.05, 4.69) is 28.1 Å². The topological polar surface area (TPSA) is 40.5 Å². The molecule has 1 heterocycles. The summed E-state index contributed by atoms with van der Waals surface area (Å²) in [5.74, 6) is -0.754. The maximum absolute atomic E-state index is 10.6. The maximum atomic E-state index is 10.6. The third-order valence-electron chi connectivity index (χ3n) is 2.62.